The van der Waals surface area contributed by atoms with Gasteiger partial charge in [0, 0.05) is 37.3 Å². The van der Waals surface area contributed by atoms with E-state index in [1.165, 1.54) is 38.1 Å². The van der Waals surface area contributed by atoms with Gasteiger partial charge in [-0.2, -0.15) is 0 Å². The molecule has 1 unspecified atom stereocenters. The molecule has 6 N–H and O–H groups in total. The van der Waals surface area contributed by atoms with Crippen LogP contribution in [0.5, 0.6) is 11.5 Å². The lowest BCUT2D eigenvalue weighted by Crippen LogP contribution is -2.28. The number of carbonyl (C=O) groups is 3. The van der Waals surface area contributed by atoms with Crippen molar-refractivity contribution < 1.29 is 32.7 Å². The number of benzene rings is 3. The van der Waals surface area contributed by atoms with E-state index in [0.717, 1.165) is 0 Å². The fourth-order valence-corrected chi connectivity index (χ4v) is 5.01. The van der Waals surface area contributed by atoms with Gasteiger partial charge in [-0.15, -0.1) is 0 Å². The van der Waals surface area contributed by atoms with E-state index in [1.807, 2.05) is 0 Å². The Balaban J connectivity index is 1.96. The summed E-state index contributed by atoms with van der Waals surface area (Å²) in [5.74, 6) is -1.70. The molecule has 194 valence electrons. The molecule has 0 fully saturated rings. The number of hydrogen-bond donors (Lipinski definition) is 4. The molecule has 0 aromatic heterocycles. The number of anilines is 3. The molecule has 0 heterocycles. The fraction of sp³-hybridized carbons (Fsp3) is 0.160. The second kappa shape index (κ2) is 12.0. The van der Waals surface area contributed by atoms with Crippen molar-refractivity contribution in [2.75, 3.05) is 16.4 Å². The Morgan fingerprint density at radius 3 is 1.59 bits per heavy atom. The number of ether oxygens (including phenoxy) is 1. The van der Waals surface area contributed by atoms with Crippen LogP contribution in [0, 0.1) is 0 Å². The van der Waals surface area contributed by atoms with Gasteiger partial charge in [0.1, 0.15) is 11.5 Å². The van der Waals surface area contributed by atoms with E-state index in [2.05, 4.69) is 10.6 Å². The van der Waals surface area contributed by atoms with Gasteiger partial charge < -0.3 is 35.9 Å². The van der Waals surface area contributed by atoms with E-state index < -0.39 is 19.5 Å². The number of hydrogen-bond acceptors (Lipinski definition) is 8. The highest BCUT2D eigenvalue weighted by Crippen LogP contribution is 2.54. The number of nitrogens with one attached hydrogen (secondary N) is 2. The third-order valence-corrected chi connectivity index (χ3v) is 6.73. The molecule has 37 heavy (non-hydrogen) atoms. The molecule has 1 atom stereocenters. The Kier molecular flexibility index (Phi) is 8.76. The molecule has 3 aromatic carbocycles. The largest absolute Gasteiger partial charge is 0.471 e. The maximum Gasteiger partial charge on any atom is 0.471 e. The highest BCUT2D eigenvalue weighted by atomic mass is 31.2. The Morgan fingerprint density at radius 1 is 0.784 bits per heavy atom. The molecule has 0 saturated carbocycles. The van der Waals surface area contributed by atoms with Gasteiger partial charge in [0.25, 0.3) is 0 Å². The molecule has 3 aromatic rings. The predicted molar refractivity (Wildman–Crippen MR) is 139 cm³/mol. The van der Waals surface area contributed by atoms with E-state index in [4.69, 9.17) is 25.3 Å². The molecule has 3 amide bonds. The molecule has 0 saturated heterocycles. The third kappa shape index (κ3) is 8.29. The average molecular weight is 526 g/mol. The molecule has 0 bridgehead atoms. The summed E-state index contributed by atoms with van der Waals surface area (Å²) < 4.78 is 31.1. The van der Waals surface area contributed by atoms with Crippen LogP contribution < -0.4 is 31.1 Å². The van der Waals surface area contributed by atoms with Crippen LogP contribution in [0.2, 0.25) is 0 Å². The number of nitrogens with two attached hydrogens (primary N) is 2. The lowest BCUT2D eigenvalue weighted by atomic mass is 10.1. The van der Waals surface area contributed by atoms with Gasteiger partial charge in [-0.3, -0.25) is 9.59 Å². The van der Waals surface area contributed by atoms with Crippen molar-refractivity contribution in [1.82, 2.24) is 0 Å². The van der Waals surface area contributed by atoms with Crippen LogP contribution in [-0.4, -0.2) is 23.8 Å². The molecular formula is C25H27N4O7P. The molecule has 0 aliphatic carbocycles. The van der Waals surface area contributed by atoms with Crippen molar-refractivity contribution >= 4 is 42.6 Å². The number of amides is 3. The fourth-order valence-electron chi connectivity index (χ4n) is 3.24. The lowest BCUT2D eigenvalue weighted by Gasteiger charge is -2.27. The maximum absolute atomic E-state index is 14.2. The quantitative estimate of drug-likeness (QED) is 0.221. The van der Waals surface area contributed by atoms with Gasteiger partial charge in [-0.05, 0) is 66.2 Å². The molecule has 0 aliphatic rings. The van der Waals surface area contributed by atoms with Gasteiger partial charge in [0.05, 0.1) is 0 Å². The number of nitrogen functional groups attached to an aromatic ring is 1. The van der Waals surface area contributed by atoms with Crippen LogP contribution in [-0.2, 0) is 25.3 Å². The van der Waals surface area contributed by atoms with Crippen LogP contribution in [0.1, 0.15) is 19.4 Å². The minimum atomic E-state index is -4.32. The normalized spacial score (nSPS) is 11.6. The first-order chi connectivity index (χ1) is 17.5. The minimum Gasteiger partial charge on any atom is -0.431 e. The second-order valence-corrected chi connectivity index (χ2v) is 9.99. The van der Waals surface area contributed by atoms with Gasteiger partial charge >= 0.3 is 13.7 Å². The Bertz CT molecular complexity index is 1230. The van der Waals surface area contributed by atoms with E-state index in [1.54, 1.807) is 48.5 Å². The topological polar surface area (TPSA) is 172 Å². The predicted octanol–water partition coefficient (Wildman–Crippen LogP) is 4.50. The zero-order valence-corrected chi connectivity index (χ0v) is 21.1. The van der Waals surface area contributed by atoms with Gasteiger partial charge in [-0.1, -0.05) is 12.1 Å². The second-order valence-electron chi connectivity index (χ2n) is 7.97. The van der Waals surface area contributed by atoms with E-state index in [-0.39, 0.29) is 29.7 Å². The summed E-state index contributed by atoms with van der Waals surface area (Å²) in [5, 5.41) is 5.24. The Morgan fingerprint density at radius 2 is 1.22 bits per heavy atom. The highest BCUT2D eigenvalue weighted by Gasteiger charge is 2.42. The SMILES string of the molecule is CC(=O)Nc1ccc(OP(=O)(Oc2ccc(NC(C)=O)cc2)C(Cc2ccc(N)cc2)OC(N)=O)cc1. The summed E-state index contributed by atoms with van der Waals surface area (Å²) in [6.07, 6.45) is -1.23. The van der Waals surface area contributed by atoms with E-state index >= 15 is 0 Å². The molecule has 11 nitrogen and oxygen atoms in total. The smallest absolute Gasteiger partial charge is 0.431 e. The summed E-state index contributed by atoms with van der Waals surface area (Å²) in [5.41, 5.74) is 13.2. The van der Waals surface area contributed by atoms with Gasteiger partial charge in [0.15, 0.2) is 0 Å². The average Bonchev–Trinajstić information content (AvgIpc) is 2.82. The highest BCUT2D eigenvalue weighted by molar-refractivity contribution is 7.55. The van der Waals surface area contributed by atoms with E-state index in [0.29, 0.717) is 22.6 Å². The number of primary amides is 1. The van der Waals surface area contributed by atoms with Crippen LogP contribution >= 0.6 is 7.60 Å². The summed E-state index contributed by atoms with van der Waals surface area (Å²) in [4.78, 5) is 34.4. The third-order valence-electron chi connectivity index (χ3n) is 4.81. The van der Waals surface area contributed by atoms with E-state index in [9.17, 15) is 18.9 Å². The monoisotopic (exact) mass is 526 g/mol. The lowest BCUT2D eigenvalue weighted by molar-refractivity contribution is -0.115. The molecule has 0 spiro atoms. The standard InChI is InChI=1S/C25H27N4O7P/c1-16(30)28-20-7-11-22(12-8-20)35-37(33,36-23-13-9-21(10-14-23)29-17(2)31)24(34-25(27)32)15-18-3-5-19(26)6-4-18/h3-14,24H,15,26H2,1-2H3,(H2,27,32)(H,28,30)(H,29,31). The summed E-state index contributed by atoms with van der Waals surface area (Å²) >= 11 is 0. The summed E-state index contributed by atoms with van der Waals surface area (Å²) in [6.45, 7) is 2.74. The molecular weight excluding hydrogens is 499 g/mol. The zero-order valence-electron chi connectivity index (χ0n) is 20.2. The molecule has 12 heteroatoms. The van der Waals surface area contributed by atoms with Crippen molar-refractivity contribution in [2.45, 2.75) is 26.1 Å². The minimum absolute atomic E-state index is 0.0611. The maximum atomic E-state index is 14.2. The van der Waals surface area contributed by atoms with Crippen LogP contribution in [0.15, 0.2) is 72.8 Å². The zero-order chi connectivity index (χ0) is 27.0. The summed E-state index contributed by atoms with van der Waals surface area (Å²) in [6, 6.07) is 18.8. The van der Waals surface area contributed by atoms with Crippen molar-refractivity contribution in [1.29, 1.82) is 0 Å². The van der Waals surface area contributed by atoms with Crippen LogP contribution in [0.4, 0.5) is 21.9 Å². The van der Waals surface area contributed by atoms with Crippen molar-refractivity contribution in [3.63, 3.8) is 0 Å². The van der Waals surface area contributed by atoms with Crippen molar-refractivity contribution in [2.24, 2.45) is 5.73 Å². The Hall–Kier alpha value is -4.50. The van der Waals surface area contributed by atoms with Gasteiger partial charge in [-0.25, -0.2) is 9.36 Å². The number of rotatable bonds is 10. The van der Waals surface area contributed by atoms with Crippen molar-refractivity contribution in [3.05, 3.63) is 78.4 Å². The molecule has 0 aliphatic heterocycles. The number of carbonyl (C=O) groups excluding carboxylic acids is 3. The first-order valence-corrected chi connectivity index (χ1v) is 12.7. The van der Waals surface area contributed by atoms with Crippen LogP contribution in [0.3, 0.4) is 0 Å². The van der Waals surface area contributed by atoms with Crippen molar-refractivity contribution in [3.8, 4) is 11.5 Å². The van der Waals surface area contributed by atoms with Gasteiger partial charge in [0.2, 0.25) is 17.7 Å². The summed E-state index contributed by atoms with van der Waals surface area (Å²) in [7, 11) is -4.32. The Labute approximate surface area is 213 Å². The first kappa shape index (κ1) is 27.1. The molecule has 0 radical (unpaired) electrons. The van der Waals surface area contributed by atoms with Crippen LogP contribution in [0.25, 0.3) is 0 Å². The molecule has 3 rings (SSSR count). The first-order valence-electron chi connectivity index (χ1n) is 11.1.